The number of aromatic nitrogens is 2. The quantitative estimate of drug-likeness (QED) is 0.941. The molecule has 2 aromatic rings. The summed E-state index contributed by atoms with van der Waals surface area (Å²) in [6, 6.07) is 5.23. The summed E-state index contributed by atoms with van der Waals surface area (Å²) in [5, 5.41) is 0. The molecule has 1 heterocycles. The fourth-order valence-corrected chi connectivity index (χ4v) is 3.83. The van der Waals surface area contributed by atoms with Crippen molar-refractivity contribution in [1.29, 1.82) is 0 Å². The standard InChI is InChI=1S/C15H21N3O2S/c1-10(2)15(7-8-15)9-18-11-5-4-6-12(21(3,19)20)13(11)17-14(18)16/h4-6,10H,7-9H2,1-3H3,(H2,16,17). The van der Waals surface area contributed by atoms with E-state index in [1.54, 1.807) is 12.1 Å². The van der Waals surface area contributed by atoms with Crippen molar-refractivity contribution in [3.05, 3.63) is 18.2 Å². The molecule has 2 N–H and O–H groups in total. The van der Waals surface area contributed by atoms with E-state index in [0.29, 0.717) is 17.4 Å². The second kappa shape index (κ2) is 4.47. The van der Waals surface area contributed by atoms with Crippen molar-refractivity contribution in [3.63, 3.8) is 0 Å². The number of para-hydroxylation sites is 1. The highest BCUT2D eigenvalue weighted by Gasteiger charge is 2.46. The van der Waals surface area contributed by atoms with Crippen molar-refractivity contribution in [2.75, 3.05) is 12.0 Å². The van der Waals surface area contributed by atoms with E-state index in [2.05, 4.69) is 18.8 Å². The summed E-state index contributed by atoms with van der Waals surface area (Å²) < 4.78 is 25.7. The van der Waals surface area contributed by atoms with E-state index in [0.717, 1.165) is 12.1 Å². The van der Waals surface area contributed by atoms with Crippen LogP contribution in [0.3, 0.4) is 0 Å². The minimum atomic E-state index is -3.31. The predicted molar refractivity (Wildman–Crippen MR) is 83.8 cm³/mol. The number of anilines is 1. The van der Waals surface area contributed by atoms with Crippen molar-refractivity contribution >= 4 is 26.8 Å². The zero-order chi connectivity index (χ0) is 15.4. The molecule has 0 bridgehead atoms. The molecule has 0 unspecified atom stereocenters. The highest BCUT2D eigenvalue weighted by atomic mass is 32.2. The normalized spacial score (nSPS) is 17.5. The second-order valence-electron chi connectivity index (χ2n) is 6.47. The van der Waals surface area contributed by atoms with Gasteiger partial charge in [0.05, 0.1) is 10.4 Å². The van der Waals surface area contributed by atoms with Crippen molar-refractivity contribution in [2.45, 2.75) is 38.1 Å². The maximum atomic E-state index is 11.9. The van der Waals surface area contributed by atoms with Crippen LogP contribution in [0.1, 0.15) is 26.7 Å². The van der Waals surface area contributed by atoms with E-state index < -0.39 is 9.84 Å². The molecule has 6 heteroatoms. The van der Waals surface area contributed by atoms with E-state index in [4.69, 9.17) is 5.73 Å². The average molecular weight is 307 g/mol. The monoisotopic (exact) mass is 307 g/mol. The Labute approximate surface area is 125 Å². The Kier molecular flexibility index (Phi) is 3.06. The van der Waals surface area contributed by atoms with E-state index in [1.165, 1.54) is 19.1 Å². The van der Waals surface area contributed by atoms with Crippen LogP contribution in [0.2, 0.25) is 0 Å². The Morgan fingerprint density at radius 2 is 2.05 bits per heavy atom. The first-order valence-corrected chi connectivity index (χ1v) is 9.08. The highest BCUT2D eigenvalue weighted by Crippen LogP contribution is 2.53. The molecule has 0 atom stereocenters. The van der Waals surface area contributed by atoms with Crippen LogP contribution in [-0.2, 0) is 16.4 Å². The fraction of sp³-hybridized carbons (Fsp3) is 0.533. The molecule has 1 aliphatic carbocycles. The van der Waals surface area contributed by atoms with Crippen LogP contribution in [0.4, 0.5) is 5.95 Å². The number of imidazole rings is 1. The first-order chi connectivity index (χ1) is 9.74. The molecule has 0 spiro atoms. The van der Waals surface area contributed by atoms with Crippen molar-refractivity contribution < 1.29 is 8.42 Å². The number of benzene rings is 1. The topological polar surface area (TPSA) is 78.0 Å². The number of nitrogens with zero attached hydrogens (tertiary/aromatic N) is 2. The summed E-state index contributed by atoms with van der Waals surface area (Å²) in [7, 11) is -3.31. The number of nitrogen functional groups attached to an aromatic ring is 1. The molecule has 0 aliphatic heterocycles. The van der Waals surface area contributed by atoms with Crippen LogP contribution < -0.4 is 5.73 Å². The SMILES string of the molecule is CC(C)C1(Cn2c(N)nc3c(S(C)(=O)=O)cccc32)CC1. The van der Waals surface area contributed by atoms with Gasteiger partial charge in [0.1, 0.15) is 5.52 Å². The average Bonchev–Trinajstić information content (AvgIpc) is 3.09. The molecule has 1 aromatic heterocycles. The smallest absolute Gasteiger partial charge is 0.201 e. The molecule has 1 aromatic carbocycles. The van der Waals surface area contributed by atoms with Gasteiger partial charge in [0.2, 0.25) is 5.95 Å². The van der Waals surface area contributed by atoms with Gasteiger partial charge in [0, 0.05) is 12.8 Å². The van der Waals surface area contributed by atoms with Crippen LogP contribution in [0.25, 0.3) is 11.0 Å². The third-order valence-electron chi connectivity index (χ3n) is 4.76. The van der Waals surface area contributed by atoms with Gasteiger partial charge in [-0.15, -0.1) is 0 Å². The van der Waals surface area contributed by atoms with Crippen molar-refractivity contribution in [3.8, 4) is 0 Å². The molecule has 1 fully saturated rings. The van der Waals surface area contributed by atoms with Gasteiger partial charge in [-0.3, -0.25) is 0 Å². The van der Waals surface area contributed by atoms with Gasteiger partial charge in [-0.05, 0) is 36.3 Å². The zero-order valence-corrected chi connectivity index (χ0v) is 13.4. The molecule has 5 nitrogen and oxygen atoms in total. The van der Waals surface area contributed by atoms with E-state index >= 15 is 0 Å². The Bertz CT molecular complexity index is 802. The molecule has 0 radical (unpaired) electrons. The zero-order valence-electron chi connectivity index (χ0n) is 12.6. The summed E-state index contributed by atoms with van der Waals surface area (Å²) in [6.07, 6.45) is 3.58. The molecule has 114 valence electrons. The summed E-state index contributed by atoms with van der Waals surface area (Å²) in [6.45, 7) is 5.26. The lowest BCUT2D eigenvalue weighted by molar-refractivity contribution is 0.314. The predicted octanol–water partition coefficient (Wildman–Crippen LogP) is 2.46. The molecular weight excluding hydrogens is 286 g/mol. The third kappa shape index (κ3) is 2.31. The van der Waals surface area contributed by atoms with Crippen LogP contribution in [-0.4, -0.2) is 24.2 Å². The number of hydrogen-bond donors (Lipinski definition) is 1. The second-order valence-corrected chi connectivity index (χ2v) is 8.45. The van der Waals surface area contributed by atoms with Crippen LogP contribution in [0.5, 0.6) is 0 Å². The molecule has 1 aliphatic rings. The number of hydrogen-bond acceptors (Lipinski definition) is 4. The van der Waals surface area contributed by atoms with Gasteiger partial charge in [0.25, 0.3) is 0 Å². The Balaban J connectivity index is 2.15. The van der Waals surface area contributed by atoms with E-state index in [1.807, 2.05) is 10.6 Å². The lowest BCUT2D eigenvalue weighted by Crippen LogP contribution is -2.18. The van der Waals surface area contributed by atoms with Gasteiger partial charge in [-0.1, -0.05) is 19.9 Å². The lowest BCUT2D eigenvalue weighted by Gasteiger charge is -2.21. The van der Waals surface area contributed by atoms with Crippen LogP contribution >= 0.6 is 0 Å². The third-order valence-corrected chi connectivity index (χ3v) is 5.89. The van der Waals surface area contributed by atoms with E-state index in [9.17, 15) is 8.42 Å². The minimum absolute atomic E-state index is 0.250. The molecular formula is C15H21N3O2S. The maximum Gasteiger partial charge on any atom is 0.201 e. The molecule has 0 amide bonds. The first kappa shape index (κ1) is 14.4. The highest BCUT2D eigenvalue weighted by molar-refractivity contribution is 7.91. The van der Waals surface area contributed by atoms with Gasteiger partial charge >= 0.3 is 0 Å². The Hall–Kier alpha value is -1.56. The van der Waals surface area contributed by atoms with Crippen molar-refractivity contribution in [2.24, 2.45) is 11.3 Å². The minimum Gasteiger partial charge on any atom is -0.369 e. The van der Waals surface area contributed by atoms with Crippen molar-refractivity contribution in [1.82, 2.24) is 9.55 Å². The van der Waals surface area contributed by atoms with Crippen LogP contribution in [0.15, 0.2) is 23.1 Å². The maximum absolute atomic E-state index is 11.9. The molecule has 1 saturated carbocycles. The Morgan fingerprint density at radius 1 is 1.38 bits per heavy atom. The Morgan fingerprint density at radius 3 is 2.57 bits per heavy atom. The van der Waals surface area contributed by atoms with Gasteiger partial charge < -0.3 is 10.3 Å². The number of sulfone groups is 1. The molecule has 3 rings (SSSR count). The van der Waals surface area contributed by atoms with Gasteiger partial charge in [0.15, 0.2) is 9.84 Å². The summed E-state index contributed by atoms with van der Waals surface area (Å²) in [4.78, 5) is 4.56. The lowest BCUT2D eigenvalue weighted by atomic mass is 9.92. The summed E-state index contributed by atoms with van der Waals surface area (Å²) in [5.41, 5.74) is 7.63. The fourth-order valence-electron chi connectivity index (χ4n) is 3.00. The first-order valence-electron chi connectivity index (χ1n) is 7.19. The van der Waals surface area contributed by atoms with Gasteiger partial charge in [-0.2, -0.15) is 0 Å². The summed E-state index contributed by atoms with van der Waals surface area (Å²) >= 11 is 0. The van der Waals surface area contributed by atoms with E-state index in [-0.39, 0.29) is 10.3 Å². The van der Waals surface area contributed by atoms with Gasteiger partial charge in [-0.25, -0.2) is 13.4 Å². The molecule has 21 heavy (non-hydrogen) atoms. The summed E-state index contributed by atoms with van der Waals surface area (Å²) in [5.74, 6) is 0.973. The largest absolute Gasteiger partial charge is 0.369 e. The van der Waals surface area contributed by atoms with Crippen LogP contribution in [0, 0.1) is 11.3 Å². The number of nitrogens with two attached hydrogens (primary N) is 1. The number of fused-ring (bicyclic) bond motifs is 1. The molecule has 0 saturated heterocycles. The number of rotatable bonds is 4.